The van der Waals surface area contributed by atoms with Gasteiger partial charge in [-0.3, -0.25) is 10.1 Å². The highest BCUT2D eigenvalue weighted by molar-refractivity contribution is 7.91. The molecule has 3 rings (SSSR count). The van der Waals surface area contributed by atoms with E-state index < -0.39 is 9.84 Å². The molecule has 0 spiro atoms. The van der Waals surface area contributed by atoms with E-state index in [-0.39, 0.29) is 29.6 Å². The summed E-state index contributed by atoms with van der Waals surface area (Å²) in [6.45, 7) is 3.65. The van der Waals surface area contributed by atoms with Crippen LogP contribution in [0.15, 0.2) is 53.4 Å². The summed E-state index contributed by atoms with van der Waals surface area (Å²) in [6.07, 6.45) is 0.226. The molecule has 0 atom stereocenters. The van der Waals surface area contributed by atoms with Gasteiger partial charge in [-0.25, -0.2) is 8.42 Å². The van der Waals surface area contributed by atoms with Crippen LogP contribution >= 0.6 is 11.3 Å². The highest BCUT2D eigenvalue weighted by Crippen LogP contribution is 2.19. The van der Waals surface area contributed by atoms with Crippen molar-refractivity contribution in [3.63, 3.8) is 0 Å². The summed E-state index contributed by atoms with van der Waals surface area (Å²) in [5.74, 6) is 0.208. The lowest BCUT2D eigenvalue weighted by Crippen LogP contribution is -2.20. The second kappa shape index (κ2) is 9.15. The van der Waals surface area contributed by atoms with Gasteiger partial charge in [0.25, 0.3) is 5.91 Å². The number of nitrogens with one attached hydrogen (secondary N) is 1. The largest absolute Gasteiger partial charge is 0.483 e. The van der Waals surface area contributed by atoms with Crippen LogP contribution in [0, 0.1) is 13.8 Å². The minimum Gasteiger partial charge on any atom is -0.483 e. The minimum atomic E-state index is -3.40. The number of carbonyl (C=O) groups excluding carboxylic acids is 1. The molecule has 1 N–H and O–H groups in total. The van der Waals surface area contributed by atoms with Gasteiger partial charge in [0.2, 0.25) is 5.13 Å². The number of amides is 1. The summed E-state index contributed by atoms with van der Waals surface area (Å²) in [5, 5.41) is 11.3. The number of hydrogen-bond acceptors (Lipinski definition) is 7. The van der Waals surface area contributed by atoms with Crippen LogP contribution in [-0.4, -0.2) is 36.9 Å². The molecule has 0 unspecified atom stereocenters. The molecule has 0 saturated carbocycles. The average Bonchev–Trinajstić information content (AvgIpc) is 3.13. The molecule has 29 heavy (non-hydrogen) atoms. The first-order chi connectivity index (χ1) is 13.8. The Balaban J connectivity index is 1.52. The van der Waals surface area contributed by atoms with E-state index in [0.717, 1.165) is 22.5 Å². The van der Waals surface area contributed by atoms with Crippen LogP contribution < -0.4 is 10.1 Å². The van der Waals surface area contributed by atoms with Crippen LogP contribution in [0.5, 0.6) is 5.75 Å². The van der Waals surface area contributed by atoms with Crippen molar-refractivity contribution >= 4 is 32.2 Å². The number of aromatic nitrogens is 2. The van der Waals surface area contributed by atoms with Crippen LogP contribution in [-0.2, 0) is 21.1 Å². The van der Waals surface area contributed by atoms with Gasteiger partial charge in [-0.05, 0) is 37.6 Å². The molecule has 0 fully saturated rings. The summed E-state index contributed by atoms with van der Waals surface area (Å²) in [5.41, 5.74) is 1.94. The van der Waals surface area contributed by atoms with Gasteiger partial charge in [0.05, 0.1) is 10.6 Å². The summed E-state index contributed by atoms with van der Waals surface area (Å²) in [7, 11) is -3.40. The van der Waals surface area contributed by atoms with E-state index in [4.69, 9.17) is 4.74 Å². The lowest BCUT2D eigenvalue weighted by Gasteiger charge is -2.07. The third-order valence-corrected chi connectivity index (χ3v) is 6.76. The number of rotatable bonds is 8. The smallest absolute Gasteiger partial charge is 0.264 e. The molecule has 3 aromatic rings. The topological polar surface area (TPSA) is 98.3 Å². The van der Waals surface area contributed by atoms with Crippen molar-refractivity contribution in [3.05, 3.63) is 64.7 Å². The van der Waals surface area contributed by atoms with E-state index in [0.29, 0.717) is 15.9 Å². The molecule has 152 valence electrons. The number of ether oxygens (including phenoxy) is 1. The standard InChI is InChI=1S/C20H21N3O4S2/c1-14-7-9-16(10-8-14)29(25,26)12-11-19-22-23-20(28-19)21-18(24)13-27-17-6-4-3-5-15(17)2/h3-10H,11-13H2,1-2H3,(H,21,23,24). The van der Waals surface area contributed by atoms with Gasteiger partial charge < -0.3 is 4.74 Å². The van der Waals surface area contributed by atoms with Gasteiger partial charge in [0.1, 0.15) is 10.8 Å². The maximum Gasteiger partial charge on any atom is 0.264 e. The van der Waals surface area contributed by atoms with Crippen molar-refractivity contribution in [2.24, 2.45) is 0 Å². The number of sulfone groups is 1. The molecule has 7 nitrogen and oxygen atoms in total. The zero-order valence-electron chi connectivity index (χ0n) is 16.1. The van der Waals surface area contributed by atoms with Crippen molar-refractivity contribution in [1.29, 1.82) is 0 Å². The zero-order valence-corrected chi connectivity index (χ0v) is 17.7. The fraction of sp³-hybridized carbons (Fsp3) is 0.250. The summed E-state index contributed by atoms with van der Waals surface area (Å²) < 4.78 is 30.3. The predicted molar refractivity (Wildman–Crippen MR) is 112 cm³/mol. The Morgan fingerprint density at radius 2 is 1.79 bits per heavy atom. The van der Waals surface area contributed by atoms with E-state index in [1.807, 2.05) is 32.0 Å². The fourth-order valence-corrected chi connectivity index (χ4v) is 4.64. The van der Waals surface area contributed by atoms with E-state index >= 15 is 0 Å². The molecule has 0 aliphatic heterocycles. The Labute approximate surface area is 173 Å². The molecule has 0 bridgehead atoms. The summed E-state index contributed by atoms with van der Waals surface area (Å²) in [4.78, 5) is 12.3. The highest BCUT2D eigenvalue weighted by Gasteiger charge is 2.16. The molecule has 0 saturated heterocycles. The maximum absolute atomic E-state index is 12.4. The molecular formula is C20H21N3O4S2. The maximum atomic E-state index is 12.4. The van der Waals surface area contributed by atoms with E-state index in [2.05, 4.69) is 15.5 Å². The molecule has 2 aromatic carbocycles. The lowest BCUT2D eigenvalue weighted by atomic mass is 10.2. The third kappa shape index (κ3) is 5.85. The van der Waals surface area contributed by atoms with Crippen molar-refractivity contribution in [1.82, 2.24) is 10.2 Å². The average molecular weight is 432 g/mol. The Kier molecular flexibility index (Phi) is 6.60. The Bertz CT molecular complexity index is 1090. The third-order valence-electron chi connectivity index (χ3n) is 4.13. The van der Waals surface area contributed by atoms with Crippen LogP contribution in [0.4, 0.5) is 5.13 Å². The van der Waals surface area contributed by atoms with Gasteiger partial charge in [0, 0.05) is 6.42 Å². The van der Waals surface area contributed by atoms with Gasteiger partial charge in [0.15, 0.2) is 16.4 Å². The molecule has 1 amide bonds. The molecule has 0 aliphatic carbocycles. The minimum absolute atomic E-state index is 0.0744. The number of carbonyl (C=O) groups is 1. The Morgan fingerprint density at radius 3 is 2.52 bits per heavy atom. The van der Waals surface area contributed by atoms with E-state index in [1.54, 1.807) is 30.3 Å². The van der Waals surface area contributed by atoms with Gasteiger partial charge in [-0.2, -0.15) is 0 Å². The fourth-order valence-electron chi connectivity index (χ4n) is 2.51. The highest BCUT2D eigenvalue weighted by atomic mass is 32.2. The summed E-state index contributed by atoms with van der Waals surface area (Å²) >= 11 is 1.15. The van der Waals surface area contributed by atoms with Crippen molar-refractivity contribution < 1.29 is 17.9 Å². The first kappa shape index (κ1) is 20.9. The number of anilines is 1. The van der Waals surface area contributed by atoms with Crippen molar-refractivity contribution in [2.75, 3.05) is 17.7 Å². The van der Waals surface area contributed by atoms with Crippen molar-refractivity contribution in [2.45, 2.75) is 25.2 Å². The van der Waals surface area contributed by atoms with Gasteiger partial charge >= 0.3 is 0 Å². The molecule has 0 radical (unpaired) electrons. The number of hydrogen-bond donors (Lipinski definition) is 1. The summed E-state index contributed by atoms with van der Waals surface area (Å²) in [6, 6.07) is 14.2. The number of benzene rings is 2. The molecule has 0 aliphatic rings. The quantitative estimate of drug-likeness (QED) is 0.588. The normalized spacial score (nSPS) is 11.2. The second-order valence-corrected chi connectivity index (χ2v) is 9.66. The van der Waals surface area contributed by atoms with Crippen molar-refractivity contribution in [3.8, 4) is 5.75 Å². The van der Waals surface area contributed by atoms with E-state index in [1.165, 1.54) is 0 Å². The Hall–Kier alpha value is -2.78. The number of nitrogens with zero attached hydrogens (tertiary/aromatic N) is 2. The predicted octanol–water partition coefficient (Wildman–Crippen LogP) is 3.19. The first-order valence-electron chi connectivity index (χ1n) is 8.93. The molecule has 9 heteroatoms. The second-order valence-electron chi connectivity index (χ2n) is 6.49. The lowest BCUT2D eigenvalue weighted by molar-refractivity contribution is -0.118. The monoisotopic (exact) mass is 431 g/mol. The zero-order chi connectivity index (χ0) is 20.9. The molecule has 1 aromatic heterocycles. The van der Waals surface area contributed by atoms with Gasteiger partial charge in [-0.1, -0.05) is 47.2 Å². The Morgan fingerprint density at radius 1 is 1.07 bits per heavy atom. The molecule has 1 heterocycles. The number of aryl methyl sites for hydroxylation is 3. The van der Waals surface area contributed by atoms with Crippen LogP contribution in [0.2, 0.25) is 0 Å². The first-order valence-corrected chi connectivity index (χ1v) is 11.4. The SMILES string of the molecule is Cc1ccc(S(=O)(=O)CCc2nnc(NC(=O)COc3ccccc3C)s2)cc1. The molecular weight excluding hydrogens is 410 g/mol. The van der Waals surface area contributed by atoms with Crippen LogP contribution in [0.25, 0.3) is 0 Å². The number of para-hydroxylation sites is 1. The van der Waals surface area contributed by atoms with Gasteiger partial charge in [-0.15, -0.1) is 10.2 Å². The van der Waals surface area contributed by atoms with Crippen LogP contribution in [0.1, 0.15) is 16.1 Å². The van der Waals surface area contributed by atoms with E-state index in [9.17, 15) is 13.2 Å². The van der Waals surface area contributed by atoms with Crippen LogP contribution in [0.3, 0.4) is 0 Å².